The highest BCUT2D eigenvalue weighted by molar-refractivity contribution is 8.00. The van der Waals surface area contributed by atoms with Crippen LogP contribution < -0.4 is 9.64 Å². The highest BCUT2D eigenvalue weighted by Gasteiger charge is 2.40. The Morgan fingerprint density at radius 2 is 2.05 bits per heavy atom. The molecule has 5 heteroatoms. The molecule has 0 aromatic heterocycles. The van der Waals surface area contributed by atoms with Crippen molar-refractivity contribution in [1.82, 2.24) is 0 Å². The van der Waals surface area contributed by atoms with Crippen molar-refractivity contribution in [2.24, 2.45) is 0 Å². The van der Waals surface area contributed by atoms with Crippen molar-refractivity contribution >= 4 is 29.3 Å². The summed E-state index contributed by atoms with van der Waals surface area (Å²) in [6, 6.07) is 7.16. The molecule has 0 unspecified atom stereocenters. The number of nitrogens with zero attached hydrogens (tertiary/aromatic N) is 1. The minimum Gasteiger partial charge on any atom is -0.492 e. The SMILES string of the molecule is CCOc1ccccc1N1C(=O)C[C@H](SCC)C1=O. The number of imide groups is 1. The number of anilines is 1. The lowest BCUT2D eigenvalue weighted by atomic mass is 10.2. The average molecular weight is 279 g/mol. The van der Waals surface area contributed by atoms with Crippen LogP contribution in [0.4, 0.5) is 5.69 Å². The van der Waals surface area contributed by atoms with E-state index in [1.165, 1.54) is 16.7 Å². The second kappa shape index (κ2) is 6.10. The molecule has 1 heterocycles. The van der Waals surface area contributed by atoms with Gasteiger partial charge in [-0.3, -0.25) is 9.59 Å². The minimum atomic E-state index is -0.257. The molecule has 2 rings (SSSR count). The van der Waals surface area contributed by atoms with Crippen molar-refractivity contribution in [3.05, 3.63) is 24.3 Å². The standard InChI is InChI=1S/C14H17NO3S/c1-3-18-11-8-6-5-7-10(11)15-13(16)9-12(14(15)17)19-4-2/h5-8,12H,3-4,9H2,1-2H3/t12-/m0/s1. The molecule has 4 nitrogen and oxygen atoms in total. The van der Waals surface area contributed by atoms with E-state index in [1.807, 2.05) is 19.9 Å². The fourth-order valence-corrected chi connectivity index (χ4v) is 3.02. The number of rotatable bonds is 5. The summed E-state index contributed by atoms with van der Waals surface area (Å²) in [5.74, 6) is 1.12. The first kappa shape index (κ1) is 13.9. The summed E-state index contributed by atoms with van der Waals surface area (Å²) in [7, 11) is 0. The van der Waals surface area contributed by atoms with Crippen LogP contribution in [0.15, 0.2) is 24.3 Å². The van der Waals surface area contributed by atoms with Gasteiger partial charge in [0.25, 0.3) is 0 Å². The van der Waals surface area contributed by atoms with Crippen LogP contribution in [-0.2, 0) is 9.59 Å². The molecule has 1 aromatic carbocycles. The Bertz CT molecular complexity index is 489. The molecule has 1 aromatic rings. The summed E-state index contributed by atoms with van der Waals surface area (Å²) in [4.78, 5) is 25.6. The summed E-state index contributed by atoms with van der Waals surface area (Å²) < 4.78 is 5.49. The number of thioether (sulfide) groups is 1. The number of hydrogen-bond donors (Lipinski definition) is 0. The molecular weight excluding hydrogens is 262 g/mol. The fraction of sp³-hybridized carbons (Fsp3) is 0.429. The van der Waals surface area contributed by atoms with E-state index in [4.69, 9.17) is 4.74 Å². The van der Waals surface area contributed by atoms with E-state index in [0.29, 0.717) is 18.0 Å². The topological polar surface area (TPSA) is 46.6 Å². The summed E-state index contributed by atoms with van der Waals surface area (Å²) in [6.07, 6.45) is 0.276. The van der Waals surface area contributed by atoms with Crippen LogP contribution in [0.3, 0.4) is 0 Å². The molecule has 0 N–H and O–H groups in total. The predicted molar refractivity (Wildman–Crippen MR) is 76.6 cm³/mol. The Morgan fingerprint density at radius 1 is 1.32 bits per heavy atom. The van der Waals surface area contributed by atoms with Gasteiger partial charge in [0.05, 0.1) is 17.5 Å². The first-order chi connectivity index (χ1) is 9.19. The van der Waals surface area contributed by atoms with Gasteiger partial charge in [0.2, 0.25) is 11.8 Å². The minimum absolute atomic E-state index is 0.135. The fourth-order valence-electron chi connectivity index (χ4n) is 2.11. The van der Waals surface area contributed by atoms with Crippen molar-refractivity contribution in [2.75, 3.05) is 17.3 Å². The first-order valence-corrected chi connectivity index (χ1v) is 7.44. The number of hydrogen-bond acceptors (Lipinski definition) is 4. The highest BCUT2D eigenvalue weighted by Crippen LogP contribution is 2.35. The Balaban J connectivity index is 2.31. The normalized spacial score (nSPS) is 19.1. The molecule has 1 saturated heterocycles. The number of carbonyl (C=O) groups is 2. The molecule has 1 aliphatic rings. The van der Waals surface area contributed by atoms with Gasteiger partial charge in [-0.05, 0) is 24.8 Å². The maximum atomic E-state index is 12.3. The molecule has 0 spiro atoms. The van der Waals surface area contributed by atoms with Crippen molar-refractivity contribution in [2.45, 2.75) is 25.5 Å². The van der Waals surface area contributed by atoms with Gasteiger partial charge in [-0.25, -0.2) is 4.90 Å². The van der Waals surface area contributed by atoms with Crippen LogP contribution in [-0.4, -0.2) is 29.4 Å². The zero-order valence-corrected chi connectivity index (χ0v) is 11.9. The van der Waals surface area contributed by atoms with Crippen LogP contribution in [0.1, 0.15) is 20.3 Å². The molecule has 2 amide bonds. The van der Waals surface area contributed by atoms with Gasteiger partial charge in [0.15, 0.2) is 0 Å². The number of para-hydroxylation sites is 2. The van der Waals surface area contributed by atoms with Gasteiger partial charge in [-0.2, -0.15) is 0 Å². The Morgan fingerprint density at radius 3 is 2.74 bits per heavy atom. The van der Waals surface area contributed by atoms with Gasteiger partial charge in [-0.15, -0.1) is 11.8 Å². The summed E-state index contributed by atoms with van der Waals surface area (Å²) in [6.45, 7) is 4.36. The average Bonchev–Trinajstić information content (AvgIpc) is 2.67. The molecule has 0 bridgehead atoms. The monoisotopic (exact) mass is 279 g/mol. The maximum Gasteiger partial charge on any atom is 0.247 e. The van der Waals surface area contributed by atoms with Crippen molar-refractivity contribution < 1.29 is 14.3 Å². The lowest BCUT2D eigenvalue weighted by molar-refractivity contribution is -0.121. The van der Waals surface area contributed by atoms with Crippen LogP contribution in [0.25, 0.3) is 0 Å². The number of ether oxygens (including phenoxy) is 1. The van der Waals surface area contributed by atoms with E-state index in [-0.39, 0.29) is 23.5 Å². The molecule has 1 aliphatic heterocycles. The van der Waals surface area contributed by atoms with Crippen molar-refractivity contribution in [3.63, 3.8) is 0 Å². The lowest BCUT2D eigenvalue weighted by Crippen LogP contribution is -2.31. The summed E-state index contributed by atoms with van der Waals surface area (Å²) >= 11 is 1.52. The third kappa shape index (κ3) is 2.76. The van der Waals surface area contributed by atoms with Crippen LogP contribution in [0, 0.1) is 0 Å². The smallest absolute Gasteiger partial charge is 0.247 e. The van der Waals surface area contributed by atoms with E-state index < -0.39 is 0 Å². The number of benzene rings is 1. The lowest BCUT2D eigenvalue weighted by Gasteiger charge is -2.18. The second-order valence-corrected chi connectivity index (χ2v) is 5.60. The third-order valence-corrected chi connectivity index (χ3v) is 3.98. The predicted octanol–water partition coefficient (Wildman–Crippen LogP) is 2.47. The second-order valence-electron chi connectivity index (χ2n) is 4.12. The van der Waals surface area contributed by atoms with Gasteiger partial charge in [0, 0.05) is 6.42 Å². The van der Waals surface area contributed by atoms with E-state index in [1.54, 1.807) is 18.2 Å². The van der Waals surface area contributed by atoms with Gasteiger partial charge < -0.3 is 4.74 Å². The van der Waals surface area contributed by atoms with Crippen LogP contribution in [0.2, 0.25) is 0 Å². The van der Waals surface area contributed by atoms with Crippen LogP contribution in [0.5, 0.6) is 5.75 Å². The summed E-state index contributed by atoms with van der Waals surface area (Å²) in [5.41, 5.74) is 0.554. The molecular formula is C14H17NO3S. The maximum absolute atomic E-state index is 12.3. The molecule has 1 fully saturated rings. The van der Waals surface area contributed by atoms with E-state index in [9.17, 15) is 9.59 Å². The molecule has 0 radical (unpaired) electrons. The largest absolute Gasteiger partial charge is 0.492 e. The van der Waals surface area contributed by atoms with E-state index in [2.05, 4.69) is 0 Å². The summed E-state index contributed by atoms with van der Waals surface area (Å²) in [5, 5.41) is -0.257. The van der Waals surface area contributed by atoms with Gasteiger partial charge in [0.1, 0.15) is 5.75 Å². The number of amides is 2. The molecule has 0 saturated carbocycles. The zero-order valence-electron chi connectivity index (χ0n) is 11.1. The van der Waals surface area contributed by atoms with E-state index >= 15 is 0 Å². The van der Waals surface area contributed by atoms with Gasteiger partial charge >= 0.3 is 0 Å². The zero-order chi connectivity index (χ0) is 13.8. The Hall–Kier alpha value is -1.49. The Labute approximate surface area is 117 Å². The van der Waals surface area contributed by atoms with Gasteiger partial charge in [-0.1, -0.05) is 19.1 Å². The Kier molecular flexibility index (Phi) is 4.47. The van der Waals surface area contributed by atoms with Crippen molar-refractivity contribution in [1.29, 1.82) is 0 Å². The molecule has 19 heavy (non-hydrogen) atoms. The number of carbonyl (C=O) groups excluding carboxylic acids is 2. The highest BCUT2D eigenvalue weighted by atomic mass is 32.2. The third-order valence-electron chi connectivity index (χ3n) is 2.88. The molecule has 102 valence electrons. The quantitative estimate of drug-likeness (QED) is 0.777. The van der Waals surface area contributed by atoms with Crippen molar-refractivity contribution in [3.8, 4) is 5.75 Å². The van der Waals surface area contributed by atoms with Crippen LogP contribution >= 0.6 is 11.8 Å². The molecule has 1 atom stereocenters. The molecule has 0 aliphatic carbocycles. The van der Waals surface area contributed by atoms with E-state index in [0.717, 1.165) is 5.75 Å². The first-order valence-electron chi connectivity index (χ1n) is 6.39.